The van der Waals surface area contributed by atoms with Gasteiger partial charge in [-0.25, -0.2) is 9.78 Å². The van der Waals surface area contributed by atoms with Crippen LogP contribution in [0.15, 0.2) is 0 Å². The monoisotopic (exact) mass is 310 g/mol. The number of thiazole rings is 1. The average Bonchev–Trinajstić information content (AvgIpc) is 2.69. The summed E-state index contributed by atoms with van der Waals surface area (Å²) in [5.74, 6) is -0.492. The largest absolute Gasteiger partial charge is 0.465 e. The molecule has 2 atom stereocenters. The molecule has 1 aromatic rings. The lowest BCUT2D eigenvalue weighted by atomic mass is 10.3. The molecule has 0 saturated carbocycles. The molecule has 0 radical (unpaired) electrons. The van der Waals surface area contributed by atoms with Crippen molar-refractivity contribution >= 4 is 44.8 Å². The third kappa shape index (κ3) is 4.22. The Morgan fingerprint density at radius 1 is 1.67 bits per heavy atom. The highest BCUT2D eigenvalue weighted by Crippen LogP contribution is 2.27. The molecule has 0 aliphatic rings. The summed E-state index contributed by atoms with van der Waals surface area (Å²) in [6.45, 7) is 2.55. The van der Waals surface area contributed by atoms with E-state index in [0.29, 0.717) is 11.7 Å². The first-order valence-electron chi connectivity index (χ1n) is 5.26. The van der Waals surface area contributed by atoms with Crippen LogP contribution >= 0.6 is 22.9 Å². The van der Waals surface area contributed by atoms with Crippen LogP contribution in [0.2, 0.25) is 5.15 Å². The number of methoxy groups -OCH3 is 1. The summed E-state index contributed by atoms with van der Waals surface area (Å²) in [5, 5.41) is 3.87. The van der Waals surface area contributed by atoms with Crippen LogP contribution in [0.4, 0.5) is 5.13 Å². The summed E-state index contributed by atoms with van der Waals surface area (Å²) in [7, 11) is 0.462. The number of nitrogens with zero attached hydrogens (tertiary/aromatic N) is 1. The molecule has 1 heterocycles. The fourth-order valence-corrected chi connectivity index (χ4v) is 2.72. The normalized spacial score (nSPS) is 14.0. The van der Waals surface area contributed by atoms with Gasteiger partial charge in [0.05, 0.1) is 7.11 Å². The van der Waals surface area contributed by atoms with Crippen LogP contribution < -0.4 is 5.32 Å². The van der Waals surface area contributed by atoms with Gasteiger partial charge in [0.1, 0.15) is 0 Å². The van der Waals surface area contributed by atoms with Gasteiger partial charge in [0.15, 0.2) is 15.2 Å². The summed E-state index contributed by atoms with van der Waals surface area (Å²) < 4.78 is 15.7. The van der Waals surface area contributed by atoms with Crippen molar-refractivity contribution in [2.24, 2.45) is 0 Å². The van der Waals surface area contributed by atoms with Crippen LogP contribution in [-0.4, -0.2) is 40.3 Å². The Balaban J connectivity index is 2.54. The van der Waals surface area contributed by atoms with Crippen molar-refractivity contribution < 1.29 is 13.7 Å². The Kier molecular flexibility index (Phi) is 6.04. The number of hydrogen-bond donors (Lipinski definition) is 1. The van der Waals surface area contributed by atoms with Crippen LogP contribution in [0.25, 0.3) is 0 Å². The van der Waals surface area contributed by atoms with Gasteiger partial charge in [-0.2, -0.15) is 0 Å². The van der Waals surface area contributed by atoms with Gasteiger partial charge in [-0.3, -0.25) is 4.21 Å². The fourth-order valence-electron chi connectivity index (χ4n) is 1.14. The number of rotatable bonds is 6. The van der Waals surface area contributed by atoms with E-state index in [2.05, 4.69) is 15.0 Å². The number of carbonyl (C=O) groups excluding carboxylic acids is 1. The predicted molar refractivity (Wildman–Crippen MR) is 75.1 cm³/mol. The van der Waals surface area contributed by atoms with Gasteiger partial charge in [0.25, 0.3) is 0 Å². The zero-order valence-electron chi connectivity index (χ0n) is 10.4. The molecule has 0 spiro atoms. The van der Waals surface area contributed by atoms with E-state index in [0.717, 1.165) is 17.8 Å². The van der Waals surface area contributed by atoms with Crippen molar-refractivity contribution in [3.05, 3.63) is 10.0 Å². The molecule has 1 aromatic heterocycles. The number of nitrogens with one attached hydrogen (secondary N) is 1. The summed E-state index contributed by atoms with van der Waals surface area (Å²) in [6.07, 6.45) is 2.44. The third-order valence-corrected chi connectivity index (χ3v) is 5.10. The summed E-state index contributed by atoms with van der Waals surface area (Å²) >= 11 is 6.97. The van der Waals surface area contributed by atoms with Crippen LogP contribution in [0, 0.1) is 0 Å². The second kappa shape index (κ2) is 7.06. The van der Waals surface area contributed by atoms with Crippen LogP contribution in [0.1, 0.15) is 23.0 Å². The average molecular weight is 311 g/mol. The molecule has 1 N–H and O–H groups in total. The van der Waals surface area contributed by atoms with E-state index in [4.69, 9.17) is 11.6 Å². The first kappa shape index (κ1) is 15.4. The molecule has 102 valence electrons. The highest BCUT2D eigenvalue weighted by molar-refractivity contribution is 7.84. The molecule has 0 bridgehead atoms. The summed E-state index contributed by atoms with van der Waals surface area (Å²) in [6, 6.07) is 0. The van der Waals surface area contributed by atoms with Crippen molar-refractivity contribution in [1.29, 1.82) is 0 Å². The molecule has 0 aliphatic heterocycles. The third-order valence-electron chi connectivity index (χ3n) is 2.35. The maximum Gasteiger partial charge on any atom is 0.351 e. The maximum atomic E-state index is 11.3. The van der Waals surface area contributed by atoms with Gasteiger partial charge in [0, 0.05) is 28.9 Å². The molecular weight excluding hydrogens is 296 g/mol. The maximum absolute atomic E-state index is 11.3. The quantitative estimate of drug-likeness (QED) is 0.815. The van der Waals surface area contributed by atoms with E-state index in [1.54, 1.807) is 6.26 Å². The molecule has 0 aromatic carbocycles. The number of hydrogen-bond acceptors (Lipinski definition) is 6. The van der Waals surface area contributed by atoms with Crippen molar-refractivity contribution in [3.8, 4) is 0 Å². The van der Waals surface area contributed by atoms with Crippen molar-refractivity contribution in [2.45, 2.75) is 18.6 Å². The first-order chi connectivity index (χ1) is 8.45. The minimum Gasteiger partial charge on any atom is -0.465 e. The molecule has 0 amide bonds. The highest BCUT2D eigenvalue weighted by atomic mass is 35.5. The molecule has 8 heteroatoms. The van der Waals surface area contributed by atoms with E-state index in [1.807, 2.05) is 6.92 Å². The minimum absolute atomic E-state index is 0.119. The lowest BCUT2D eigenvalue weighted by Gasteiger charge is -2.07. The lowest BCUT2D eigenvalue weighted by Crippen LogP contribution is -2.14. The van der Waals surface area contributed by atoms with Gasteiger partial charge >= 0.3 is 5.97 Å². The SMILES string of the molecule is COC(=O)c1sc(NCCC(C)S(C)=O)nc1Cl. The second-order valence-corrected chi connectivity index (χ2v) is 6.81. The minimum atomic E-state index is -0.833. The number of halogens is 1. The smallest absolute Gasteiger partial charge is 0.351 e. The summed E-state index contributed by atoms with van der Waals surface area (Å²) in [4.78, 5) is 15.6. The number of ether oxygens (including phenoxy) is 1. The molecule has 1 rings (SSSR count). The van der Waals surface area contributed by atoms with Gasteiger partial charge < -0.3 is 10.1 Å². The van der Waals surface area contributed by atoms with Crippen molar-refractivity contribution in [2.75, 3.05) is 25.2 Å². The Morgan fingerprint density at radius 3 is 2.89 bits per heavy atom. The Labute approximate surface area is 117 Å². The lowest BCUT2D eigenvalue weighted by molar-refractivity contribution is 0.0606. The molecule has 0 aliphatic carbocycles. The Bertz CT molecular complexity index is 450. The highest BCUT2D eigenvalue weighted by Gasteiger charge is 2.17. The first-order valence-corrected chi connectivity index (χ1v) is 8.08. The summed E-state index contributed by atoms with van der Waals surface area (Å²) in [5.41, 5.74) is 0. The molecule has 0 fully saturated rings. The van der Waals surface area contributed by atoms with Gasteiger partial charge in [-0.05, 0) is 6.42 Å². The van der Waals surface area contributed by atoms with Gasteiger partial charge in [-0.15, -0.1) is 0 Å². The number of carbonyl (C=O) groups is 1. The zero-order chi connectivity index (χ0) is 13.7. The fraction of sp³-hybridized carbons (Fsp3) is 0.600. The topological polar surface area (TPSA) is 68.3 Å². The van der Waals surface area contributed by atoms with Gasteiger partial charge in [0.2, 0.25) is 0 Å². The number of esters is 1. The van der Waals surface area contributed by atoms with Crippen LogP contribution in [0.3, 0.4) is 0 Å². The Morgan fingerprint density at radius 2 is 2.33 bits per heavy atom. The van der Waals surface area contributed by atoms with Crippen LogP contribution in [-0.2, 0) is 15.5 Å². The molecule has 18 heavy (non-hydrogen) atoms. The van der Waals surface area contributed by atoms with E-state index in [9.17, 15) is 9.00 Å². The van der Waals surface area contributed by atoms with Crippen molar-refractivity contribution in [1.82, 2.24) is 4.98 Å². The molecule has 0 saturated heterocycles. The van der Waals surface area contributed by atoms with E-state index < -0.39 is 16.8 Å². The van der Waals surface area contributed by atoms with E-state index >= 15 is 0 Å². The molecule has 2 unspecified atom stereocenters. The second-order valence-electron chi connectivity index (χ2n) is 3.66. The standard InChI is InChI=1S/C10H15ClN2O3S2/c1-6(18(3)15)4-5-12-10-13-8(11)7(17-10)9(14)16-2/h6H,4-5H2,1-3H3,(H,12,13). The zero-order valence-corrected chi connectivity index (χ0v) is 12.7. The number of aromatic nitrogens is 1. The van der Waals surface area contributed by atoms with Gasteiger partial charge in [-0.1, -0.05) is 29.9 Å². The Hall–Kier alpha value is -0.660. The van der Waals surface area contributed by atoms with Crippen LogP contribution in [0.5, 0.6) is 0 Å². The molecular formula is C10H15ClN2O3S2. The molecule has 5 nitrogen and oxygen atoms in total. The number of anilines is 1. The van der Waals surface area contributed by atoms with E-state index in [-0.39, 0.29) is 15.3 Å². The predicted octanol–water partition coefficient (Wildman–Crippen LogP) is 2.15. The van der Waals surface area contributed by atoms with Crippen molar-refractivity contribution in [3.63, 3.8) is 0 Å². The van der Waals surface area contributed by atoms with E-state index in [1.165, 1.54) is 7.11 Å².